The molecule has 94 valence electrons. The third kappa shape index (κ3) is 3.57. The van der Waals surface area contributed by atoms with Crippen LogP contribution in [0.1, 0.15) is 17.5 Å². The topological polar surface area (TPSA) is 64.9 Å². The Bertz CT molecular complexity index is 482. The maximum atomic E-state index is 6.14. The molecule has 1 atom stereocenters. The fourth-order valence-corrected chi connectivity index (χ4v) is 1.99. The van der Waals surface area contributed by atoms with E-state index in [1.54, 1.807) is 12.4 Å². The minimum atomic E-state index is 0.122. The number of benzene rings is 1. The fourth-order valence-electron chi connectivity index (χ4n) is 1.99. The highest BCUT2D eigenvalue weighted by Crippen LogP contribution is 2.13. The normalized spacial score (nSPS) is 12.3. The number of aromatic nitrogens is 1. The first-order valence-corrected chi connectivity index (χ1v) is 6.23. The third-order valence-electron chi connectivity index (χ3n) is 3.07. The number of nitrogens with two attached hydrogens (primary N) is 2. The van der Waals surface area contributed by atoms with E-state index >= 15 is 0 Å². The SMILES string of the molecule is Nc1ccncc1CC(N)CCc1ccccc1. The van der Waals surface area contributed by atoms with Crippen molar-refractivity contribution in [3.8, 4) is 0 Å². The second-order valence-corrected chi connectivity index (χ2v) is 4.56. The number of nitrogen functional groups attached to an aromatic ring is 1. The lowest BCUT2D eigenvalue weighted by Gasteiger charge is -2.12. The molecule has 0 aliphatic carbocycles. The number of rotatable bonds is 5. The lowest BCUT2D eigenvalue weighted by atomic mass is 10.00. The summed E-state index contributed by atoms with van der Waals surface area (Å²) in [6, 6.07) is 12.3. The van der Waals surface area contributed by atoms with E-state index in [-0.39, 0.29) is 6.04 Å². The van der Waals surface area contributed by atoms with E-state index in [4.69, 9.17) is 11.5 Å². The van der Waals surface area contributed by atoms with Crippen molar-refractivity contribution in [1.29, 1.82) is 0 Å². The van der Waals surface area contributed by atoms with Gasteiger partial charge >= 0.3 is 0 Å². The van der Waals surface area contributed by atoms with Crippen molar-refractivity contribution in [2.24, 2.45) is 5.73 Å². The molecule has 2 rings (SSSR count). The fraction of sp³-hybridized carbons (Fsp3) is 0.267. The number of pyridine rings is 1. The second-order valence-electron chi connectivity index (χ2n) is 4.56. The van der Waals surface area contributed by atoms with Gasteiger partial charge in [-0.1, -0.05) is 30.3 Å². The minimum absolute atomic E-state index is 0.122. The molecule has 18 heavy (non-hydrogen) atoms. The van der Waals surface area contributed by atoms with Gasteiger partial charge in [-0.15, -0.1) is 0 Å². The van der Waals surface area contributed by atoms with E-state index < -0.39 is 0 Å². The summed E-state index contributed by atoms with van der Waals surface area (Å²) in [6.45, 7) is 0. The monoisotopic (exact) mass is 241 g/mol. The predicted molar refractivity (Wildman–Crippen MR) is 75.1 cm³/mol. The number of hydrogen-bond donors (Lipinski definition) is 2. The average Bonchev–Trinajstić information content (AvgIpc) is 2.40. The summed E-state index contributed by atoms with van der Waals surface area (Å²) in [4.78, 5) is 4.08. The first-order chi connectivity index (χ1) is 8.75. The summed E-state index contributed by atoms with van der Waals surface area (Å²) in [7, 11) is 0. The summed E-state index contributed by atoms with van der Waals surface area (Å²) in [5.74, 6) is 0. The van der Waals surface area contributed by atoms with Crippen LogP contribution < -0.4 is 11.5 Å². The lowest BCUT2D eigenvalue weighted by molar-refractivity contribution is 0.610. The Morgan fingerprint density at radius 1 is 1.11 bits per heavy atom. The van der Waals surface area contributed by atoms with Crippen molar-refractivity contribution in [3.63, 3.8) is 0 Å². The lowest BCUT2D eigenvalue weighted by Crippen LogP contribution is -2.24. The molecule has 0 aliphatic rings. The Kier molecular flexibility index (Phi) is 4.31. The summed E-state index contributed by atoms with van der Waals surface area (Å²) in [5, 5.41) is 0. The second kappa shape index (κ2) is 6.17. The summed E-state index contributed by atoms with van der Waals surface area (Å²) in [5.41, 5.74) is 15.2. The van der Waals surface area contributed by atoms with E-state index in [9.17, 15) is 0 Å². The Labute approximate surface area is 108 Å². The maximum Gasteiger partial charge on any atom is 0.0378 e. The Hall–Kier alpha value is -1.87. The molecular formula is C15H19N3. The van der Waals surface area contributed by atoms with Crippen LogP contribution in [0.25, 0.3) is 0 Å². The quantitative estimate of drug-likeness (QED) is 0.843. The van der Waals surface area contributed by atoms with E-state index in [2.05, 4.69) is 29.2 Å². The highest BCUT2D eigenvalue weighted by molar-refractivity contribution is 5.44. The number of nitrogens with zero attached hydrogens (tertiary/aromatic N) is 1. The van der Waals surface area contributed by atoms with Gasteiger partial charge in [-0.25, -0.2) is 0 Å². The van der Waals surface area contributed by atoms with Crippen molar-refractivity contribution >= 4 is 5.69 Å². The molecule has 3 heteroatoms. The predicted octanol–water partition coefficient (Wildman–Crippen LogP) is 2.17. The van der Waals surface area contributed by atoms with E-state index in [1.807, 2.05) is 12.1 Å². The van der Waals surface area contributed by atoms with Gasteiger partial charge in [-0.3, -0.25) is 4.98 Å². The summed E-state index contributed by atoms with van der Waals surface area (Å²) < 4.78 is 0. The molecule has 1 heterocycles. The molecule has 0 radical (unpaired) electrons. The molecule has 1 unspecified atom stereocenters. The Morgan fingerprint density at radius 2 is 1.89 bits per heavy atom. The Balaban J connectivity index is 1.86. The van der Waals surface area contributed by atoms with Crippen molar-refractivity contribution in [3.05, 3.63) is 59.9 Å². The third-order valence-corrected chi connectivity index (χ3v) is 3.07. The van der Waals surface area contributed by atoms with Gasteiger partial charge < -0.3 is 11.5 Å². The van der Waals surface area contributed by atoms with Crippen LogP contribution in [0.15, 0.2) is 48.8 Å². The summed E-state index contributed by atoms with van der Waals surface area (Å²) in [6.07, 6.45) is 6.25. The molecule has 2 aromatic rings. The van der Waals surface area contributed by atoms with Gasteiger partial charge in [0.1, 0.15) is 0 Å². The molecular weight excluding hydrogens is 222 g/mol. The zero-order valence-corrected chi connectivity index (χ0v) is 10.4. The minimum Gasteiger partial charge on any atom is -0.398 e. The van der Waals surface area contributed by atoms with Gasteiger partial charge in [-0.05, 0) is 36.5 Å². The van der Waals surface area contributed by atoms with Crippen molar-refractivity contribution in [1.82, 2.24) is 4.98 Å². The first-order valence-electron chi connectivity index (χ1n) is 6.23. The molecule has 0 amide bonds. The molecule has 0 bridgehead atoms. The van der Waals surface area contributed by atoms with Crippen LogP contribution >= 0.6 is 0 Å². The van der Waals surface area contributed by atoms with Gasteiger partial charge in [0.25, 0.3) is 0 Å². The van der Waals surface area contributed by atoms with Crippen molar-refractivity contribution in [2.75, 3.05) is 5.73 Å². The van der Waals surface area contributed by atoms with Gasteiger partial charge in [0.15, 0.2) is 0 Å². The standard InChI is InChI=1S/C15H19N3/c16-14(7-6-12-4-2-1-3-5-12)10-13-11-18-9-8-15(13)17/h1-5,8-9,11,14H,6-7,10,16H2,(H2,17,18). The molecule has 0 spiro atoms. The van der Waals surface area contributed by atoms with Crippen LogP contribution in [0.4, 0.5) is 5.69 Å². The van der Waals surface area contributed by atoms with Crippen LogP contribution in [0.2, 0.25) is 0 Å². The number of aryl methyl sites for hydroxylation is 1. The van der Waals surface area contributed by atoms with E-state index in [0.717, 1.165) is 30.5 Å². The van der Waals surface area contributed by atoms with Crippen molar-refractivity contribution in [2.45, 2.75) is 25.3 Å². The molecule has 1 aromatic carbocycles. The zero-order chi connectivity index (χ0) is 12.8. The highest BCUT2D eigenvalue weighted by Gasteiger charge is 2.07. The summed E-state index contributed by atoms with van der Waals surface area (Å²) >= 11 is 0. The van der Waals surface area contributed by atoms with Crippen LogP contribution in [0.3, 0.4) is 0 Å². The smallest absolute Gasteiger partial charge is 0.0378 e. The molecule has 3 nitrogen and oxygen atoms in total. The van der Waals surface area contributed by atoms with Crippen molar-refractivity contribution < 1.29 is 0 Å². The van der Waals surface area contributed by atoms with Gasteiger partial charge in [0, 0.05) is 24.1 Å². The maximum absolute atomic E-state index is 6.14. The zero-order valence-electron chi connectivity index (χ0n) is 10.4. The number of hydrogen-bond acceptors (Lipinski definition) is 3. The van der Waals surface area contributed by atoms with E-state index in [1.165, 1.54) is 5.56 Å². The van der Waals surface area contributed by atoms with E-state index in [0.29, 0.717) is 0 Å². The molecule has 4 N–H and O–H groups in total. The van der Waals surface area contributed by atoms with Crippen LogP contribution in [0.5, 0.6) is 0 Å². The van der Waals surface area contributed by atoms with Gasteiger partial charge in [0.05, 0.1) is 0 Å². The molecule has 1 aromatic heterocycles. The molecule has 0 saturated carbocycles. The average molecular weight is 241 g/mol. The van der Waals surface area contributed by atoms with Crippen LogP contribution in [-0.2, 0) is 12.8 Å². The number of anilines is 1. The van der Waals surface area contributed by atoms with Crippen LogP contribution in [0, 0.1) is 0 Å². The first kappa shape index (κ1) is 12.6. The molecule has 0 saturated heterocycles. The van der Waals surface area contributed by atoms with Crippen LogP contribution in [-0.4, -0.2) is 11.0 Å². The largest absolute Gasteiger partial charge is 0.398 e. The highest BCUT2D eigenvalue weighted by atomic mass is 14.7. The molecule has 0 aliphatic heterocycles. The Morgan fingerprint density at radius 3 is 2.61 bits per heavy atom. The van der Waals surface area contributed by atoms with Gasteiger partial charge in [0.2, 0.25) is 0 Å². The molecule has 0 fully saturated rings. The van der Waals surface area contributed by atoms with Gasteiger partial charge in [-0.2, -0.15) is 0 Å².